The number of hydrogen-bond acceptors (Lipinski definition) is 5. The lowest BCUT2D eigenvalue weighted by Gasteiger charge is -2.11. The molecule has 0 amide bonds. The van der Waals surface area contributed by atoms with E-state index in [-0.39, 0.29) is 17.3 Å². The number of benzene rings is 1. The maximum atomic E-state index is 12.1. The molecule has 0 atom stereocenters. The quantitative estimate of drug-likeness (QED) is 0.935. The van der Waals surface area contributed by atoms with E-state index in [1.165, 1.54) is 30.6 Å². The zero-order valence-corrected chi connectivity index (χ0v) is 9.85. The lowest BCUT2D eigenvalue weighted by Crippen LogP contribution is -2.17. The number of rotatable bonds is 3. The van der Waals surface area contributed by atoms with Crippen LogP contribution in [-0.2, 0) is 0 Å². The summed E-state index contributed by atoms with van der Waals surface area (Å²) >= 11 is 0. The molecular weight excluding hydrogens is 273 g/mol. The Morgan fingerprint density at radius 1 is 1.20 bits per heavy atom. The number of nitrogens with one attached hydrogen (secondary N) is 1. The first kappa shape index (κ1) is 13.6. The van der Waals surface area contributed by atoms with Crippen molar-refractivity contribution in [3.63, 3.8) is 0 Å². The predicted octanol–water partition coefficient (Wildman–Crippen LogP) is 2.99. The van der Waals surface area contributed by atoms with Crippen LogP contribution in [-0.4, -0.2) is 16.3 Å². The summed E-state index contributed by atoms with van der Waals surface area (Å²) in [6, 6.07) is 7.02. The highest BCUT2D eigenvalue weighted by Crippen LogP contribution is 2.26. The van der Waals surface area contributed by atoms with Crippen LogP contribution in [0.25, 0.3) is 0 Å². The molecule has 0 unspecified atom stereocenters. The van der Waals surface area contributed by atoms with E-state index in [0.29, 0.717) is 5.69 Å². The number of aromatic nitrogens is 2. The van der Waals surface area contributed by atoms with Crippen LogP contribution in [0.15, 0.2) is 36.7 Å². The summed E-state index contributed by atoms with van der Waals surface area (Å²) in [6.45, 7) is 0. The Hall–Kier alpha value is -2.82. The Morgan fingerprint density at radius 2 is 1.95 bits per heavy atom. The third-order valence-corrected chi connectivity index (χ3v) is 2.13. The van der Waals surface area contributed by atoms with Gasteiger partial charge < -0.3 is 10.1 Å². The van der Waals surface area contributed by atoms with Crippen LogP contribution in [0.2, 0.25) is 0 Å². The first-order valence-corrected chi connectivity index (χ1v) is 5.32. The summed E-state index contributed by atoms with van der Waals surface area (Å²) in [7, 11) is 0. The van der Waals surface area contributed by atoms with Gasteiger partial charge in [-0.05, 0) is 12.1 Å². The molecule has 102 valence electrons. The fourth-order valence-electron chi connectivity index (χ4n) is 1.42. The Balaban J connectivity index is 2.22. The zero-order chi connectivity index (χ0) is 14.6. The largest absolute Gasteiger partial charge is 0.573 e. The van der Waals surface area contributed by atoms with Gasteiger partial charge in [-0.2, -0.15) is 5.26 Å². The molecule has 0 saturated carbocycles. The predicted molar refractivity (Wildman–Crippen MR) is 63.2 cm³/mol. The molecule has 0 aliphatic heterocycles. The number of halogens is 3. The Bertz CT molecular complexity index is 652. The lowest BCUT2D eigenvalue weighted by molar-refractivity contribution is -0.274. The van der Waals surface area contributed by atoms with Crippen molar-refractivity contribution < 1.29 is 17.9 Å². The van der Waals surface area contributed by atoms with Crippen LogP contribution in [0.5, 0.6) is 5.75 Å². The smallest absolute Gasteiger partial charge is 0.406 e. The van der Waals surface area contributed by atoms with Crippen LogP contribution in [0, 0.1) is 11.3 Å². The Morgan fingerprint density at radius 3 is 2.65 bits per heavy atom. The van der Waals surface area contributed by atoms with E-state index < -0.39 is 6.36 Å². The molecule has 1 N–H and O–H groups in total. The van der Waals surface area contributed by atoms with Gasteiger partial charge in [0.1, 0.15) is 11.8 Å². The van der Waals surface area contributed by atoms with Crippen molar-refractivity contribution in [2.45, 2.75) is 6.36 Å². The summed E-state index contributed by atoms with van der Waals surface area (Å²) < 4.78 is 40.1. The molecule has 2 aromatic rings. The highest BCUT2D eigenvalue weighted by Gasteiger charge is 2.31. The number of ether oxygens (including phenoxy) is 1. The molecule has 0 aliphatic carbocycles. The molecule has 0 bridgehead atoms. The number of nitriles is 1. The molecular formula is C12H7F3N4O. The van der Waals surface area contributed by atoms with Crippen LogP contribution in [0.1, 0.15) is 5.69 Å². The van der Waals surface area contributed by atoms with Crippen molar-refractivity contribution in [1.82, 2.24) is 9.97 Å². The minimum Gasteiger partial charge on any atom is -0.406 e. The van der Waals surface area contributed by atoms with Gasteiger partial charge in [-0.25, -0.2) is 9.97 Å². The fraction of sp³-hybridized carbons (Fsp3) is 0.0833. The van der Waals surface area contributed by atoms with E-state index >= 15 is 0 Å². The molecule has 20 heavy (non-hydrogen) atoms. The van der Waals surface area contributed by atoms with E-state index in [2.05, 4.69) is 20.0 Å². The molecule has 0 spiro atoms. The third-order valence-electron chi connectivity index (χ3n) is 2.13. The van der Waals surface area contributed by atoms with Gasteiger partial charge in [0.25, 0.3) is 0 Å². The van der Waals surface area contributed by atoms with Gasteiger partial charge >= 0.3 is 6.36 Å². The normalized spacial score (nSPS) is 10.7. The maximum Gasteiger partial charge on any atom is 0.573 e. The van der Waals surface area contributed by atoms with Crippen LogP contribution in [0.4, 0.5) is 24.7 Å². The molecule has 5 nitrogen and oxygen atoms in total. The number of hydrogen-bond donors (Lipinski definition) is 1. The van der Waals surface area contributed by atoms with Crippen molar-refractivity contribution in [2.75, 3.05) is 5.32 Å². The minimum absolute atomic E-state index is 0.0367. The average molecular weight is 280 g/mol. The van der Waals surface area contributed by atoms with Gasteiger partial charge in [0.05, 0.1) is 0 Å². The fourth-order valence-corrected chi connectivity index (χ4v) is 1.42. The number of anilines is 2. The standard InChI is InChI=1S/C12H7F3N4O/c13-12(14,15)20-9-3-1-2-8(6-9)19-11-10(7-16)17-4-5-18-11/h1-6H,(H,18,19). The van der Waals surface area contributed by atoms with E-state index in [1.807, 2.05) is 6.07 Å². The maximum absolute atomic E-state index is 12.1. The highest BCUT2D eigenvalue weighted by molar-refractivity contribution is 5.61. The second-order valence-electron chi connectivity index (χ2n) is 3.57. The van der Waals surface area contributed by atoms with Gasteiger partial charge in [0.15, 0.2) is 11.5 Å². The summed E-state index contributed by atoms with van der Waals surface area (Å²) in [5.74, 6) is -0.218. The van der Waals surface area contributed by atoms with Gasteiger partial charge in [-0.1, -0.05) is 6.07 Å². The van der Waals surface area contributed by atoms with E-state index in [9.17, 15) is 13.2 Å². The van der Waals surface area contributed by atoms with E-state index in [4.69, 9.17) is 5.26 Å². The summed E-state index contributed by atoms with van der Waals surface area (Å²) in [5.41, 5.74) is 0.332. The number of nitrogens with zero attached hydrogens (tertiary/aromatic N) is 3. The van der Waals surface area contributed by atoms with E-state index in [1.54, 1.807) is 0 Å². The Kier molecular flexibility index (Phi) is 3.70. The zero-order valence-electron chi connectivity index (χ0n) is 9.85. The van der Waals surface area contributed by atoms with Crippen LogP contribution < -0.4 is 10.1 Å². The molecule has 1 aromatic carbocycles. The van der Waals surface area contributed by atoms with Crippen molar-refractivity contribution in [3.05, 3.63) is 42.4 Å². The van der Waals surface area contributed by atoms with Gasteiger partial charge in [0, 0.05) is 24.1 Å². The van der Waals surface area contributed by atoms with Crippen molar-refractivity contribution >= 4 is 11.5 Å². The Labute approximate surface area is 111 Å². The monoisotopic (exact) mass is 280 g/mol. The average Bonchev–Trinajstić information content (AvgIpc) is 2.38. The molecule has 1 heterocycles. The van der Waals surface area contributed by atoms with Crippen molar-refractivity contribution in [3.8, 4) is 11.8 Å². The summed E-state index contributed by atoms with van der Waals surface area (Å²) in [5, 5.41) is 11.5. The van der Waals surface area contributed by atoms with Crippen LogP contribution >= 0.6 is 0 Å². The van der Waals surface area contributed by atoms with Gasteiger partial charge in [0.2, 0.25) is 0 Å². The molecule has 0 saturated heterocycles. The molecule has 2 rings (SSSR count). The van der Waals surface area contributed by atoms with E-state index in [0.717, 1.165) is 6.07 Å². The second-order valence-corrected chi connectivity index (χ2v) is 3.57. The van der Waals surface area contributed by atoms with Crippen molar-refractivity contribution in [1.29, 1.82) is 5.26 Å². The first-order valence-electron chi connectivity index (χ1n) is 5.32. The second kappa shape index (κ2) is 5.44. The van der Waals surface area contributed by atoms with Gasteiger partial charge in [-0.3, -0.25) is 0 Å². The molecule has 0 fully saturated rings. The molecule has 0 aliphatic rings. The summed E-state index contributed by atoms with van der Waals surface area (Å²) in [4.78, 5) is 7.67. The molecule has 1 aromatic heterocycles. The summed E-state index contributed by atoms with van der Waals surface area (Å²) in [6.07, 6.45) is -2.06. The van der Waals surface area contributed by atoms with Gasteiger partial charge in [-0.15, -0.1) is 13.2 Å². The van der Waals surface area contributed by atoms with Crippen LogP contribution in [0.3, 0.4) is 0 Å². The first-order chi connectivity index (χ1) is 9.48. The molecule has 0 radical (unpaired) electrons. The highest BCUT2D eigenvalue weighted by atomic mass is 19.4. The minimum atomic E-state index is -4.76. The lowest BCUT2D eigenvalue weighted by atomic mass is 10.3. The topological polar surface area (TPSA) is 70.8 Å². The molecule has 8 heteroatoms. The third kappa shape index (κ3) is 3.58. The SMILES string of the molecule is N#Cc1nccnc1Nc1cccc(OC(F)(F)F)c1. The van der Waals surface area contributed by atoms with Crippen molar-refractivity contribution in [2.24, 2.45) is 0 Å². The number of alkyl halides is 3.